The van der Waals surface area contributed by atoms with Gasteiger partial charge in [-0.15, -0.1) is 0 Å². The van der Waals surface area contributed by atoms with Crippen molar-refractivity contribution in [1.82, 2.24) is 5.32 Å². The summed E-state index contributed by atoms with van der Waals surface area (Å²) in [5, 5.41) is 6.51. The number of benzene rings is 1. The number of amides is 1. The Kier molecular flexibility index (Phi) is 6.44. The van der Waals surface area contributed by atoms with Crippen LogP contribution in [-0.2, 0) is 4.79 Å². The van der Waals surface area contributed by atoms with Gasteiger partial charge < -0.3 is 10.6 Å². The molecule has 0 radical (unpaired) electrons. The average Bonchev–Trinajstić information content (AvgIpc) is 2.76. The van der Waals surface area contributed by atoms with E-state index in [0.717, 1.165) is 5.69 Å². The van der Waals surface area contributed by atoms with E-state index in [1.54, 1.807) is 0 Å². The van der Waals surface area contributed by atoms with E-state index in [0.29, 0.717) is 12.0 Å². The van der Waals surface area contributed by atoms with Crippen molar-refractivity contribution in [3.63, 3.8) is 0 Å². The van der Waals surface area contributed by atoms with Crippen molar-refractivity contribution in [1.29, 1.82) is 0 Å². The minimum Gasteiger partial charge on any atom is -0.325 e. The fraction of sp³-hybridized carbons (Fsp3) is 0.632. The maximum Gasteiger partial charge on any atom is 0.241 e. The van der Waals surface area contributed by atoms with Gasteiger partial charge in [0.2, 0.25) is 5.91 Å². The molecule has 1 amide bonds. The topological polar surface area (TPSA) is 41.1 Å². The van der Waals surface area contributed by atoms with Gasteiger partial charge in [-0.1, -0.05) is 51.7 Å². The first-order valence-corrected chi connectivity index (χ1v) is 8.73. The van der Waals surface area contributed by atoms with E-state index >= 15 is 0 Å². The zero-order valence-electron chi connectivity index (χ0n) is 14.2. The van der Waals surface area contributed by atoms with Gasteiger partial charge in [-0.2, -0.15) is 0 Å². The van der Waals surface area contributed by atoms with Crippen LogP contribution >= 0.6 is 0 Å². The quantitative estimate of drug-likeness (QED) is 0.789. The number of hydrogen-bond donors (Lipinski definition) is 2. The number of carbonyl (C=O) groups is 1. The van der Waals surface area contributed by atoms with Crippen LogP contribution in [-0.4, -0.2) is 18.0 Å². The van der Waals surface area contributed by atoms with Crippen LogP contribution in [0.1, 0.15) is 70.8 Å². The van der Waals surface area contributed by atoms with Gasteiger partial charge >= 0.3 is 0 Å². The highest BCUT2D eigenvalue weighted by Crippen LogP contribution is 2.19. The first-order valence-electron chi connectivity index (χ1n) is 8.73. The summed E-state index contributed by atoms with van der Waals surface area (Å²) in [5.41, 5.74) is 2.17. The monoisotopic (exact) mass is 302 g/mol. The number of carbonyl (C=O) groups excluding carboxylic acids is 1. The molecule has 3 heteroatoms. The highest BCUT2D eigenvalue weighted by Gasteiger charge is 2.19. The van der Waals surface area contributed by atoms with Crippen LogP contribution in [0.4, 0.5) is 5.69 Å². The summed E-state index contributed by atoms with van der Waals surface area (Å²) in [6.07, 6.45) is 7.62. The summed E-state index contributed by atoms with van der Waals surface area (Å²) in [6.45, 7) is 6.31. The number of anilines is 1. The lowest BCUT2D eigenvalue weighted by Gasteiger charge is -2.21. The normalized spacial score (nSPS) is 18.0. The molecule has 0 aromatic heterocycles. The molecule has 0 aliphatic heterocycles. The average molecular weight is 302 g/mol. The predicted octanol–water partition coefficient (Wildman–Crippen LogP) is 4.45. The fourth-order valence-corrected chi connectivity index (χ4v) is 3.08. The summed E-state index contributed by atoms with van der Waals surface area (Å²) in [6, 6.07) is 8.50. The highest BCUT2D eigenvalue weighted by molar-refractivity contribution is 5.94. The van der Waals surface area contributed by atoms with E-state index in [4.69, 9.17) is 0 Å². The third kappa shape index (κ3) is 5.13. The minimum atomic E-state index is -0.145. The van der Waals surface area contributed by atoms with Crippen molar-refractivity contribution in [2.45, 2.75) is 77.3 Å². The largest absolute Gasteiger partial charge is 0.325 e. The van der Waals surface area contributed by atoms with E-state index in [1.165, 1.54) is 44.1 Å². The van der Waals surface area contributed by atoms with Crippen molar-refractivity contribution in [2.24, 2.45) is 0 Å². The second-order valence-corrected chi connectivity index (χ2v) is 6.84. The van der Waals surface area contributed by atoms with Gasteiger partial charge in [0, 0.05) is 11.7 Å². The molecule has 0 unspecified atom stereocenters. The number of hydrogen-bond acceptors (Lipinski definition) is 2. The fourth-order valence-electron chi connectivity index (χ4n) is 3.08. The zero-order chi connectivity index (χ0) is 15.9. The molecule has 0 spiro atoms. The Balaban J connectivity index is 1.84. The molecule has 0 heterocycles. The Morgan fingerprint density at radius 1 is 1.00 bits per heavy atom. The molecule has 0 saturated heterocycles. The van der Waals surface area contributed by atoms with E-state index in [2.05, 4.69) is 36.6 Å². The molecule has 1 atom stereocenters. The van der Waals surface area contributed by atoms with E-state index in [-0.39, 0.29) is 11.9 Å². The molecule has 1 saturated carbocycles. The van der Waals surface area contributed by atoms with Crippen LogP contribution in [0.3, 0.4) is 0 Å². The number of nitrogens with one attached hydrogen (secondary N) is 2. The minimum absolute atomic E-state index is 0.0570. The molecule has 1 aromatic rings. The van der Waals surface area contributed by atoms with Gasteiger partial charge in [-0.05, 0) is 43.4 Å². The van der Waals surface area contributed by atoms with Gasteiger partial charge in [-0.25, -0.2) is 0 Å². The van der Waals surface area contributed by atoms with Gasteiger partial charge in [0.05, 0.1) is 6.04 Å². The Morgan fingerprint density at radius 2 is 1.59 bits per heavy atom. The Morgan fingerprint density at radius 3 is 2.14 bits per heavy atom. The maximum absolute atomic E-state index is 12.3. The molecule has 22 heavy (non-hydrogen) atoms. The van der Waals surface area contributed by atoms with Crippen LogP contribution in [0.2, 0.25) is 0 Å². The second kappa shape index (κ2) is 8.33. The van der Waals surface area contributed by atoms with Crippen molar-refractivity contribution in [3.05, 3.63) is 29.8 Å². The molecule has 2 rings (SSSR count). The van der Waals surface area contributed by atoms with Crippen molar-refractivity contribution in [2.75, 3.05) is 5.32 Å². The molecule has 1 aliphatic rings. The molecule has 1 aliphatic carbocycles. The van der Waals surface area contributed by atoms with Crippen LogP contribution in [0, 0.1) is 0 Å². The van der Waals surface area contributed by atoms with Gasteiger partial charge in [0.25, 0.3) is 0 Å². The Labute approximate surface area is 134 Å². The summed E-state index contributed by atoms with van der Waals surface area (Å²) in [5.74, 6) is 0.571. The van der Waals surface area contributed by atoms with Crippen LogP contribution < -0.4 is 10.6 Å². The van der Waals surface area contributed by atoms with E-state index < -0.39 is 0 Å². The van der Waals surface area contributed by atoms with E-state index in [9.17, 15) is 4.79 Å². The molecular weight excluding hydrogens is 272 g/mol. The SMILES string of the molecule is CC(C)c1ccc(NC(=O)[C@@H](C)NC2CCCCCC2)cc1. The maximum atomic E-state index is 12.3. The van der Waals surface area contributed by atoms with Crippen LogP contribution in [0.25, 0.3) is 0 Å². The third-order valence-corrected chi connectivity index (χ3v) is 4.58. The van der Waals surface area contributed by atoms with Crippen molar-refractivity contribution < 1.29 is 4.79 Å². The van der Waals surface area contributed by atoms with Crippen LogP contribution in [0.15, 0.2) is 24.3 Å². The lowest BCUT2D eigenvalue weighted by atomic mass is 10.0. The molecule has 122 valence electrons. The zero-order valence-corrected chi connectivity index (χ0v) is 14.2. The van der Waals surface area contributed by atoms with Crippen molar-refractivity contribution in [3.8, 4) is 0 Å². The van der Waals surface area contributed by atoms with Gasteiger partial charge in [0.15, 0.2) is 0 Å². The Hall–Kier alpha value is -1.35. The standard InChI is InChI=1S/C19H30N2O/c1-14(2)16-10-12-18(13-11-16)21-19(22)15(3)20-17-8-6-4-5-7-9-17/h10-15,17,20H,4-9H2,1-3H3,(H,21,22)/t15-/m1/s1. The summed E-state index contributed by atoms with van der Waals surface area (Å²) < 4.78 is 0. The van der Waals surface area contributed by atoms with Gasteiger partial charge in [-0.3, -0.25) is 4.79 Å². The summed E-state index contributed by atoms with van der Waals surface area (Å²) in [7, 11) is 0. The summed E-state index contributed by atoms with van der Waals surface area (Å²) in [4.78, 5) is 12.3. The third-order valence-electron chi connectivity index (χ3n) is 4.58. The van der Waals surface area contributed by atoms with Crippen molar-refractivity contribution >= 4 is 11.6 Å². The molecule has 1 fully saturated rings. The lowest BCUT2D eigenvalue weighted by molar-refractivity contribution is -0.118. The van der Waals surface area contributed by atoms with Gasteiger partial charge in [0.1, 0.15) is 0 Å². The molecule has 3 nitrogen and oxygen atoms in total. The molecular formula is C19H30N2O. The molecule has 1 aromatic carbocycles. The smallest absolute Gasteiger partial charge is 0.241 e. The predicted molar refractivity (Wildman–Crippen MR) is 93.2 cm³/mol. The molecule has 0 bridgehead atoms. The molecule has 2 N–H and O–H groups in total. The van der Waals surface area contributed by atoms with Crippen LogP contribution in [0.5, 0.6) is 0 Å². The first-order chi connectivity index (χ1) is 10.6. The highest BCUT2D eigenvalue weighted by atomic mass is 16.2. The number of rotatable bonds is 5. The Bertz CT molecular complexity index is 459. The summed E-state index contributed by atoms with van der Waals surface area (Å²) >= 11 is 0. The van der Waals surface area contributed by atoms with E-state index in [1.807, 2.05) is 19.1 Å². The first kappa shape index (κ1) is 17.0. The lowest BCUT2D eigenvalue weighted by Crippen LogP contribution is -2.43. The second-order valence-electron chi connectivity index (χ2n) is 6.84.